The number of hydrogen-bond donors (Lipinski definition) is 1. The van der Waals surface area contributed by atoms with E-state index in [1.165, 1.54) is 0 Å². The van der Waals surface area contributed by atoms with E-state index >= 15 is 0 Å². The van der Waals surface area contributed by atoms with Gasteiger partial charge in [-0.25, -0.2) is 0 Å². The molecule has 1 atom stereocenters. The van der Waals surface area contributed by atoms with Crippen molar-refractivity contribution in [1.29, 1.82) is 0 Å². The number of ether oxygens (including phenoxy) is 1. The lowest BCUT2D eigenvalue weighted by atomic mass is 9.93. The van der Waals surface area contributed by atoms with Crippen LogP contribution >= 0.6 is 0 Å². The fourth-order valence-corrected chi connectivity index (χ4v) is 3.05. The maximum absolute atomic E-state index is 12.0. The van der Waals surface area contributed by atoms with E-state index in [1.54, 1.807) is 6.92 Å². The van der Waals surface area contributed by atoms with Crippen LogP contribution < -0.4 is 4.74 Å². The van der Waals surface area contributed by atoms with Crippen molar-refractivity contribution in [3.05, 3.63) is 54.1 Å². The molecule has 3 heteroatoms. The molecule has 0 amide bonds. The first kappa shape index (κ1) is 15.5. The Hall–Kier alpha value is -2.39. The maximum atomic E-state index is 12.0. The van der Waals surface area contributed by atoms with Crippen LogP contribution in [0.4, 0.5) is 0 Å². The monoisotopic (exact) mass is 308 g/mol. The summed E-state index contributed by atoms with van der Waals surface area (Å²) < 4.78 is 5.70. The van der Waals surface area contributed by atoms with Gasteiger partial charge in [0.15, 0.2) is 0 Å². The molecule has 0 aromatic heterocycles. The number of aliphatic hydroxyl groups excluding tert-OH is 1. The Balaban J connectivity index is 2.37. The predicted octanol–water partition coefficient (Wildman–Crippen LogP) is 4.75. The summed E-state index contributed by atoms with van der Waals surface area (Å²) in [5, 5.41) is 13.8. The minimum Gasteiger partial charge on any atom is -0.425 e. The van der Waals surface area contributed by atoms with Gasteiger partial charge >= 0.3 is 5.97 Å². The van der Waals surface area contributed by atoms with Crippen molar-refractivity contribution in [2.75, 3.05) is 0 Å². The number of hydrogen-bond acceptors (Lipinski definition) is 3. The van der Waals surface area contributed by atoms with Crippen LogP contribution in [0.3, 0.4) is 0 Å². The highest BCUT2D eigenvalue weighted by Gasteiger charge is 2.18. The quantitative estimate of drug-likeness (QED) is 0.430. The number of fused-ring (bicyclic) bond motifs is 2. The van der Waals surface area contributed by atoms with Crippen LogP contribution in [0, 0.1) is 0 Å². The van der Waals surface area contributed by atoms with E-state index in [2.05, 4.69) is 0 Å². The molecule has 0 spiro atoms. The van der Waals surface area contributed by atoms with Gasteiger partial charge in [-0.05, 0) is 29.7 Å². The number of aliphatic hydroxyl groups is 1. The van der Waals surface area contributed by atoms with Crippen LogP contribution in [0.25, 0.3) is 21.5 Å². The molecule has 0 saturated carbocycles. The van der Waals surface area contributed by atoms with Gasteiger partial charge in [-0.15, -0.1) is 0 Å². The van der Waals surface area contributed by atoms with Crippen molar-refractivity contribution in [2.24, 2.45) is 0 Å². The summed E-state index contributed by atoms with van der Waals surface area (Å²) in [6.45, 7) is 3.71. The van der Waals surface area contributed by atoms with Gasteiger partial charge in [0.05, 0.1) is 6.10 Å². The predicted molar refractivity (Wildman–Crippen MR) is 92.6 cm³/mol. The highest BCUT2D eigenvalue weighted by Crippen LogP contribution is 2.40. The van der Waals surface area contributed by atoms with E-state index in [4.69, 9.17) is 4.74 Å². The Morgan fingerprint density at radius 1 is 1.00 bits per heavy atom. The smallest absolute Gasteiger partial charge is 0.311 e. The molecule has 3 nitrogen and oxygen atoms in total. The van der Waals surface area contributed by atoms with E-state index in [9.17, 15) is 9.90 Å². The molecule has 1 N–H and O–H groups in total. The number of rotatable bonds is 4. The first-order valence-electron chi connectivity index (χ1n) is 7.95. The molecular formula is C20H20O3. The van der Waals surface area contributed by atoms with Gasteiger partial charge in [-0.2, -0.15) is 0 Å². The average Bonchev–Trinajstić information content (AvgIpc) is 2.54. The summed E-state index contributed by atoms with van der Waals surface area (Å²) >= 11 is 0. The third kappa shape index (κ3) is 2.80. The van der Waals surface area contributed by atoms with Gasteiger partial charge < -0.3 is 9.84 Å². The van der Waals surface area contributed by atoms with Crippen molar-refractivity contribution in [2.45, 2.75) is 32.8 Å². The van der Waals surface area contributed by atoms with Gasteiger partial charge in [0.2, 0.25) is 0 Å². The third-order valence-corrected chi connectivity index (χ3v) is 4.01. The first-order valence-corrected chi connectivity index (χ1v) is 7.95. The highest BCUT2D eigenvalue weighted by molar-refractivity contribution is 6.09. The van der Waals surface area contributed by atoms with Gasteiger partial charge in [0.1, 0.15) is 5.75 Å². The zero-order chi connectivity index (χ0) is 16.4. The summed E-state index contributed by atoms with van der Waals surface area (Å²) in [6, 6.07) is 15.5. The van der Waals surface area contributed by atoms with Gasteiger partial charge in [-0.3, -0.25) is 4.79 Å². The number of esters is 1. The fourth-order valence-electron chi connectivity index (χ4n) is 3.05. The Kier molecular flexibility index (Phi) is 4.30. The zero-order valence-electron chi connectivity index (χ0n) is 13.4. The van der Waals surface area contributed by atoms with Gasteiger partial charge in [0.25, 0.3) is 0 Å². The molecule has 0 bridgehead atoms. The lowest BCUT2D eigenvalue weighted by Gasteiger charge is -2.18. The van der Waals surface area contributed by atoms with Crippen molar-refractivity contribution in [3.8, 4) is 5.75 Å². The Labute approximate surface area is 135 Å². The molecule has 0 fully saturated rings. The van der Waals surface area contributed by atoms with E-state index in [-0.39, 0.29) is 5.97 Å². The summed E-state index contributed by atoms with van der Waals surface area (Å²) in [4.78, 5) is 12.0. The largest absolute Gasteiger partial charge is 0.425 e. The van der Waals surface area contributed by atoms with Crippen LogP contribution in [0.15, 0.2) is 48.5 Å². The van der Waals surface area contributed by atoms with Crippen molar-refractivity contribution in [1.82, 2.24) is 0 Å². The molecule has 0 aliphatic rings. The summed E-state index contributed by atoms with van der Waals surface area (Å²) in [7, 11) is 0. The van der Waals surface area contributed by atoms with Crippen LogP contribution in [-0.2, 0) is 4.79 Å². The molecule has 1 unspecified atom stereocenters. The molecule has 0 saturated heterocycles. The fraction of sp³-hybridized carbons (Fsp3) is 0.250. The Bertz CT molecular complexity index is 808. The minimum absolute atomic E-state index is 0.229. The van der Waals surface area contributed by atoms with E-state index in [0.717, 1.165) is 33.5 Å². The number of carbonyl (C=O) groups excluding carboxylic acids is 1. The minimum atomic E-state index is -0.606. The van der Waals surface area contributed by atoms with Crippen molar-refractivity contribution in [3.63, 3.8) is 0 Å². The second kappa shape index (κ2) is 6.39. The summed E-state index contributed by atoms with van der Waals surface area (Å²) in [5.41, 5.74) is 0.867. The van der Waals surface area contributed by atoms with Crippen LogP contribution in [-0.4, -0.2) is 11.1 Å². The first-order chi connectivity index (χ1) is 11.1. The van der Waals surface area contributed by atoms with E-state index in [1.807, 2.05) is 55.5 Å². The summed E-state index contributed by atoms with van der Waals surface area (Å²) in [6.07, 6.45) is 0.534. The third-order valence-electron chi connectivity index (χ3n) is 4.01. The topological polar surface area (TPSA) is 46.5 Å². The molecule has 23 heavy (non-hydrogen) atoms. The molecule has 0 heterocycles. The molecule has 0 radical (unpaired) electrons. The Morgan fingerprint density at radius 2 is 1.48 bits per heavy atom. The molecule has 3 rings (SSSR count). The van der Waals surface area contributed by atoms with Crippen LogP contribution in [0.2, 0.25) is 0 Å². The second-order valence-corrected chi connectivity index (χ2v) is 5.73. The molecule has 3 aromatic carbocycles. The maximum Gasteiger partial charge on any atom is 0.311 e. The summed E-state index contributed by atoms with van der Waals surface area (Å²) in [5.74, 6) is 0.353. The lowest BCUT2D eigenvalue weighted by molar-refractivity contribution is -0.134. The van der Waals surface area contributed by atoms with E-state index in [0.29, 0.717) is 12.2 Å². The molecule has 0 aliphatic carbocycles. The molecule has 0 aliphatic heterocycles. The Morgan fingerprint density at radius 3 is 1.91 bits per heavy atom. The second-order valence-electron chi connectivity index (χ2n) is 5.73. The lowest BCUT2D eigenvalue weighted by Crippen LogP contribution is -2.08. The van der Waals surface area contributed by atoms with E-state index < -0.39 is 6.10 Å². The van der Waals surface area contributed by atoms with Crippen molar-refractivity contribution >= 4 is 27.5 Å². The highest BCUT2D eigenvalue weighted by atomic mass is 16.5. The standard InChI is InChI=1S/C20H20O3/c1-3-8-18(22)23-20-16-11-6-4-9-14(16)19(13(2)21)15-10-5-7-12-17(15)20/h4-7,9-13,21H,3,8H2,1-2H3. The average molecular weight is 308 g/mol. The SMILES string of the molecule is CCCC(=O)Oc1c2ccccc2c(C(C)O)c2ccccc12. The molecule has 118 valence electrons. The molecular weight excluding hydrogens is 288 g/mol. The van der Waals surface area contributed by atoms with Crippen molar-refractivity contribution < 1.29 is 14.6 Å². The number of benzene rings is 3. The molecule has 3 aromatic rings. The van der Waals surface area contributed by atoms with Crippen LogP contribution in [0.1, 0.15) is 38.4 Å². The number of carbonyl (C=O) groups is 1. The zero-order valence-corrected chi connectivity index (χ0v) is 13.4. The normalized spacial score (nSPS) is 12.5. The van der Waals surface area contributed by atoms with Crippen LogP contribution in [0.5, 0.6) is 5.75 Å². The van der Waals surface area contributed by atoms with Gasteiger partial charge in [0, 0.05) is 17.2 Å². The van der Waals surface area contributed by atoms with Gasteiger partial charge in [-0.1, -0.05) is 55.5 Å².